The fourth-order valence-electron chi connectivity index (χ4n) is 7.98. The van der Waals surface area contributed by atoms with Crippen LogP contribution in [0.3, 0.4) is 0 Å². The Labute approximate surface area is 217 Å². The zero-order valence-electron chi connectivity index (χ0n) is 22.7. The Bertz CT molecular complexity index is 1020. The molecular weight excluding hydrogens is 448 g/mol. The molecule has 0 heterocycles. The first kappa shape index (κ1) is 25.5. The second kappa shape index (κ2) is 9.99. The third-order valence-electron chi connectivity index (χ3n) is 10.1. The van der Waals surface area contributed by atoms with E-state index in [0.29, 0.717) is 36.9 Å². The van der Waals surface area contributed by atoms with Crippen LogP contribution in [0.1, 0.15) is 102 Å². The Kier molecular flexibility index (Phi) is 7.09. The van der Waals surface area contributed by atoms with Gasteiger partial charge in [-0.1, -0.05) is 57.5 Å². The fraction of sp³-hybridized carbons (Fsp3) is 0.688. The number of rotatable bonds is 8. The number of hydrogen-bond donors (Lipinski definition) is 0. The third kappa shape index (κ3) is 4.54. The van der Waals surface area contributed by atoms with E-state index < -0.39 is 5.41 Å². The number of ether oxygens (including phenoxy) is 2. The van der Waals surface area contributed by atoms with Crippen LogP contribution >= 0.6 is 0 Å². The molecule has 0 spiro atoms. The number of allylic oxidation sites excluding steroid dienone is 2. The monoisotopic (exact) mass is 492 g/mol. The SMILES string of the molecule is CC(C)c1ccc2c(c1)CC[C@H]1[C@](C)(C(=O)OCCCCOC(=O)C3CC4C=CC3C4)CCC[C@]21C. The minimum Gasteiger partial charge on any atom is -0.465 e. The summed E-state index contributed by atoms with van der Waals surface area (Å²) in [5.74, 6) is 1.77. The Hall–Kier alpha value is -2.10. The van der Waals surface area contributed by atoms with Crippen LogP contribution in [0, 0.1) is 29.1 Å². The summed E-state index contributed by atoms with van der Waals surface area (Å²) >= 11 is 0. The number of fused-ring (bicyclic) bond motifs is 5. The first-order valence-corrected chi connectivity index (χ1v) is 14.4. The number of benzene rings is 1. The predicted molar refractivity (Wildman–Crippen MR) is 142 cm³/mol. The molecule has 0 radical (unpaired) electrons. The molecule has 0 aromatic heterocycles. The standard InChI is InChI=1S/C32H44O4/c1-21(2)23-10-12-27-25(20-23)11-13-28-31(27,3)14-7-15-32(28,4)30(34)36-17-6-5-16-35-29(33)26-19-22-8-9-24(26)18-22/h8-10,12,20-22,24,26,28H,5-7,11,13-19H2,1-4H3/t22?,24?,26?,28-,31-,32-/m1/s1. The van der Waals surface area contributed by atoms with Gasteiger partial charge in [0.2, 0.25) is 0 Å². The summed E-state index contributed by atoms with van der Waals surface area (Å²) < 4.78 is 11.4. The average molecular weight is 493 g/mol. The molecule has 1 aromatic carbocycles. The van der Waals surface area contributed by atoms with Gasteiger partial charge in [-0.3, -0.25) is 9.59 Å². The number of hydrogen-bond acceptors (Lipinski definition) is 4. The summed E-state index contributed by atoms with van der Waals surface area (Å²) in [6.07, 6.45) is 13.1. The number of esters is 2. The summed E-state index contributed by atoms with van der Waals surface area (Å²) in [4.78, 5) is 25.8. The van der Waals surface area contributed by atoms with Crippen LogP contribution in [0.25, 0.3) is 0 Å². The Morgan fingerprint density at radius 1 is 1.03 bits per heavy atom. The smallest absolute Gasteiger partial charge is 0.312 e. The minimum atomic E-state index is -0.441. The van der Waals surface area contributed by atoms with Gasteiger partial charge in [-0.25, -0.2) is 0 Å². The molecule has 4 aliphatic carbocycles. The summed E-state index contributed by atoms with van der Waals surface area (Å²) in [5, 5.41) is 0. The normalized spacial score (nSPS) is 34.4. The number of carbonyl (C=O) groups is 2. The molecule has 5 rings (SSSR count). The van der Waals surface area contributed by atoms with E-state index in [2.05, 4.69) is 58.0 Å². The van der Waals surface area contributed by atoms with E-state index in [-0.39, 0.29) is 23.3 Å². The largest absolute Gasteiger partial charge is 0.465 e. The molecule has 4 aliphatic rings. The Morgan fingerprint density at radius 3 is 2.50 bits per heavy atom. The lowest BCUT2D eigenvalue weighted by Crippen LogP contribution is -2.52. The van der Waals surface area contributed by atoms with Gasteiger partial charge in [0, 0.05) is 0 Å². The summed E-state index contributed by atoms with van der Waals surface area (Å²) in [6, 6.07) is 7.05. The third-order valence-corrected chi connectivity index (χ3v) is 10.1. The maximum Gasteiger partial charge on any atom is 0.312 e. The van der Waals surface area contributed by atoms with E-state index in [1.165, 1.54) is 16.7 Å². The summed E-state index contributed by atoms with van der Waals surface area (Å²) in [7, 11) is 0. The first-order chi connectivity index (χ1) is 17.2. The molecule has 2 bridgehead atoms. The van der Waals surface area contributed by atoms with Crippen molar-refractivity contribution in [1.82, 2.24) is 0 Å². The molecule has 36 heavy (non-hydrogen) atoms. The highest BCUT2D eigenvalue weighted by molar-refractivity contribution is 5.77. The maximum atomic E-state index is 13.4. The van der Waals surface area contributed by atoms with Gasteiger partial charge < -0.3 is 9.47 Å². The van der Waals surface area contributed by atoms with Crippen molar-refractivity contribution in [3.8, 4) is 0 Å². The molecular formula is C32H44O4. The fourth-order valence-corrected chi connectivity index (χ4v) is 7.98. The highest BCUT2D eigenvalue weighted by atomic mass is 16.5. The van der Waals surface area contributed by atoms with Gasteiger partial charge in [0.25, 0.3) is 0 Å². The van der Waals surface area contributed by atoms with Gasteiger partial charge >= 0.3 is 11.9 Å². The lowest BCUT2D eigenvalue weighted by Gasteiger charge is -2.54. The number of carbonyl (C=O) groups excluding carboxylic acids is 2. The van der Waals surface area contributed by atoms with Crippen LogP contribution in [0.5, 0.6) is 0 Å². The molecule has 0 aliphatic heterocycles. The van der Waals surface area contributed by atoms with E-state index in [9.17, 15) is 9.59 Å². The van der Waals surface area contributed by atoms with Crippen LogP contribution in [0.15, 0.2) is 30.4 Å². The maximum absolute atomic E-state index is 13.4. The zero-order chi connectivity index (χ0) is 25.5. The van der Waals surface area contributed by atoms with E-state index in [0.717, 1.165) is 57.8 Å². The van der Waals surface area contributed by atoms with Crippen LogP contribution in [0.2, 0.25) is 0 Å². The van der Waals surface area contributed by atoms with Crippen molar-refractivity contribution in [1.29, 1.82) is 0 Å². The van der Waals surface area contributed by atoms with Crippen molar-refractivity contribution in [2.45, 2.75) is 96.8 Å². The molecule has 0 N–H and O–H groups in total. The van der Waals surface area contributed by atoms with Gasteiger partial charge in [-0.2, -0.15) is 0 Å². The zero-order valence-corrected chi connectivity index (χ0v) is 22.7. The van der Waals surface area contributed by atoms with Crippen molar-refractivity contribution in [3.05, 3.63) is 47.0 Å². The minimum absolute atomic E-state index is 0.0260. The van der Waals surface area contributed by atoms with Gasteiger partial charge in [-0.05, 0) is 104 Å². The Balaban J connectivity index is 1.13. The van der Waals surface area contributed by atoms with Crippen LogP contribution in [-0.2, 0) is 30.9 Å². The van der Waals surface area contributed by atoms with E-state index in [1.54, 1.807) is 0 Å². The van der Waals surface area contributed by atoms with Gasteiger partial charge in [0.15, 0.2) is 0 Å². The number of aryl methyl sites for hydroxylation is 1. The Morgan fingerprint density at radius 2 is 1.81 bits per heavy atom. The molecule has 2 fully saturated rings. The topological polar surface area (TPSA) is 52.6 Å². The average Bonchev–Trinajstić information content (AvgIpc) is 3.49. The van der Waals surface area contributed by atoms with E-state index in [4.69, 9.17) is 9.47 Å². The van der Waals surface area contributed by atoms with E-state index >= 15 is 0 Å². The molecule has 2 saturated carbocycles. The lowest BCUT2D eigenvalue weighted by molar-refractivity contribution is -0.165. The van der Waals surface area contributed by atoms with Gasteiger partial charge in [-0.15, -0.1) is 0 Å². The van der Waals surface area contributed by atoms with Crippen molar-refractivity contribution < 1.29 is 19.1 Å². The second-order valence-corrected chi connectivity index (χ2v) is 12.7. The molecule has 6 atom stereocenters. The van der Waals surface area contributed by atoms with Crippen molar-refractivity contribution in [3.63, 3.8) is 0 Å². The van der Waals surface area contributed by atoms with Crippen molar-refractivity contribution in [2.24, 2.45) is 29.1 Å². The van der Waals surface area contributed by atoms with Crippen molar-refractivity contribution in [2.75, 3.05) is 13.2 Å². The quantitative estimate of drug-likeness (QED) is 0.225. The molecule has 4 heteroatoms. The predicted octanol–water partition coefficient (Wildman–Crippen LogP) is 6.90. The lowest BCUT2D eigenvalue weighted by atomic mass is 9.49. The summed E-state index contributed by atoms with van der Waals surface area (Å²) in [5.41, 5.74) is 3.93. The highest BCUT2D eigenvalue weighted by Gasteiger charge is 2.55. The van der Waals surface area contributed by atoms with Crippen molar-refractivity contribution >= 4 is 11.9 Å². The van der Waals surface area contributed by atoms with E-state index in [1.807, 2.05) is 0 Å². The first-order valence-electron chi connectivity index (χ1n) is 14.4. The molecule has 3 unspecified atom stereocenters. The number of unbranched alkanes of at least 4 members (excludes halogenated alkanes) is 1. The molecule has 0 amide bonds. The van der Waals surface area contributed by atoms with Gasteiger partial charge in [0.1, 0.15) is 0 Å². The van der Waals surface area contributed by atoms with Crippen LogP contribution in [0.4, 0.5) is 0 Å². The molecule has 4 nitrogen and oxygen atoms in total. The van der Waals surface area contributed by atoms with Crippen LogP contribution in [-0.4, -0.2) is 25.2 Å². The van der Waals surface area contributed by atoms with Crippen LogP contribution < -0.4 is 0 Å². The molecule has 0 saturated heterocycles. The second-order valence-electron chi connectivity index (χ2n) is 12.7. The summed E-state index contributed by atoms with van der Waals surface area (Å²) in [6.45, 7) is 9.86. The molecule has 1 aromatic rings. The highest BCUT2D eigenvalue weighted by Crippen LogP contribution is 2.57. The molecule has 196 valence electrons. The van der Waals surface area contributed by atoms with Gasteiger partial charge in [0.05, 0.1) is 24.5 Å².